The number of nitrogen functional groups attached to an aromatic ring is 1. The fourth-order valence-electron chi connectivity index (χ4n) is 3.97. The minimum absolute atomic E-state index is 0.223. The van der Waals surface area contributed by atoms with Gasteiger partial charge in [-0.05, 0) is 47.5 Å². The van der Waals surface area contributed by atoms with Crippen molar-refractivity contribution in [3.63, 3.8) is 0 Å². The predicted molar refractivity (Wildman–Crippen MR) is 143 cm³/mol. The third kappa shape index (κ3) is 4.96. The number of aromatic nitrogens is 3. The molecule has 1 aliphatic heterocycles. The molecule has 0 radical (unpaired) electrons. The molecule has 0 atom stereocenters. The fraction of sp³-hybridized carbons (Fsp3) is 0.115. The standard InChI is InChI=1S/C26H23ClN8O/c1-29-12-18-11-20(4-5-22(18)28)32-24-7-9-31-25(34-24)16-2-3-17-14-35(15-19(17)10-16)26(36)33-23-6-8-30-13-21(23)27/h2-13H,14-15,28H2,1H3,(H,30,33,36)(H,31,32,34). The Morgan fingerprint density at radius 1 is 1.11 bits per heavy atom. The normalized spacial score (nSPS) is 12.6. The Morgan fingerprint density at radius 3 is 2.81 bits per heavy atom. The monoisotopic (exact) mass is 498 g/mol. The average molecular weight is 499 g/mol. The van der Waals surface area contributed by atoms with Crippen LogP contribution in [0.1, 0.15) is 16.7 Å². The van der Waals surface area contributed by atoms with Crippen LogP contribution in [0.25, 0.3) is 11.4 Å². The van der Waals surface area contributed by atoms with Gasteiger partial charge in [-0.1, -0.05) is 23.7 Å². The van der Waals surface area contributed by atoms with Crippen LogP contribution in [0.3, 0.4) is 0 Å². The van der Waals surface area contributed by atoms with Gasteiger partial charge in [-0.25, -0.2) is 14.8 Å². The Kier molecular flexibility index (Phi) is 6.46. The third-order valence-electron chi connectivity index (χ3n) is 5.77. The van der Waals surface area contributed by atoms with E-state index in [4.69, 9.17) is 17.3 Å². The first-order valence-corrected chi connectivity index (χ1v) is 11.6. The number of benzene rings is 2. The first-order chi connectivity index (χ1) is 17.5. The van der Waals surface area contributed by atoms with E-state index in [9.17, 15) is 4.79 Å². The lowest BCUT2D eigenvalue weighted by Gasteiger charge is -2.16. The molecule has 4 aromatic rings. The molecule has 0 bridgehead atoms. The van der Waals surface area contributed by atoms with E-state index in [1.165, 1.54) is 6.20 Å². The van der Waals surface area contributed by atoms with Crippen molar-refractivity contribution in [3.8, 4) is 11.4 Å². The molecule has 0 aliphatic carbocycles. The SMILES string of the molecule is CN=Cc1cc(Nc2ccnc(-c3ccc4c(c3)CN(C(=O)Nc3ccncc3Cl)C4)n2)ccc1N. The molecule has 0 spiro atoms. The highest BCUT2D eigenvalue weighted by atomic mass is 35.5. The highest BCUT2D eigenvalue weighted by Crippen LogP contribution is 2.29. The van der Waals surface area contributed by atoms with Crippen LogP contribution in [0.4, 0.5) is 27.7 Å². The average Bonchev–Trinajstić information content (AvgIpc) is 3.32. The van der Waals surface area contributed by atoms with Crippen molar-refractivity contribution in [3.05, 3.63) is 88.8 Å². The number of nitrogens with one attached hydrogen (secondary N) is 2. The van der Waals surface area contributed by atoms with E-state index in [2.05, 4.69) is 30.6 Å². The van der Waals surface area contributed by atoms with Crippen molar-refractivity contribution in [1.29, 1.82) is 0 Å². The molecule has 0 saturated heterocycles. The number of nitrogens with zero attached hydrogens (tertiary/aromatic N) is 5. The molecule has 10 heteroatoms. The Balaban J connectivity index is 1.31. The molecule has 3 heterocycles. The number of rotatable bonds is 5. The van der Waals surface area contributed by atoms with Gasteiger partial charge < -0.3 is 21.3 Å². The molecular weight excluding hydrogens is 476 g/mol. The van der Waals surface area contributed by atoms with Gasteiger partial charge in [0.1, 0.15) is 5.82 Å². The van der Waals surface area contributed by atoms with Gasteiger partial charge in [0.2, 0.25) is 0 Å². The molecule has 36 heavy (non-hydrogen) atoms. The number of pyridine rings is 1. The van der Waals surface area contributed by atoms with E-state index in [0.29, 0.717) is 41.1 Å². The van der Waals surface area contributed by atoms with E-state index in [0.717, 1.165) is 27.9 Å². The van der Waals surface area contributed by atoms with Crippen LogP contribution in [-0.2, 0) is 13.1 Å². The van der Waals surface area contributed by atoms with Crippen molar-refractivity contribution in [2.75, 3.05) is 23.4 Å². The Morgan fingerprint density at radius 2 is 1.97 bits per heavy atom. The smallest absolute Gasteiger partial charge is 0.322 e. The molecule has 2 aromatic heterocycles. The maximum Gasteiger partial charge on any atom is 0.322 e. The fourth-order valence-corrected chi connectivity index (χ4v) is 4.13. The summed E-state index contributed by atoms with van der Waals surface area (Å²) in [4.78, 5) is 31.6. The first kappa shape index (κ1) is 23.3. The second-order valence-electron chi connectivity index (χ2n) is 8.25. The zero-order chi connectivity index (χ0) is 25.1. The molecule has 2 amide bonds. The third-order valence-corrected chi connectivity index (χ3v) is 6.07. The van der Waals surface area contributed by atoms with Crippen molar-refractivity contribution >= 4 is 46.7 Å². The van der Waals surface area contributed by atoms with Crippen LogP contribution in [0.2, 0.25) is 5.02 Å². The zero-order valence-electron chi connectivity index (χ0n) is 19.4. The number of halogens is 1. The van der Waals surface area contributed by atoms with Gasteiger partial charge in [0.05, 0.1) is 10.7 Å². The topological polar surface area (TPSA) is 121 Å². The summed E-state index contributed by atoms with van der Waals surface area (Å²) in [5, 5.41) is 6.54. The number of nitrogens with two attached hydrogens (primary N) is 1. The van der Waals surface area contributed by atoms with Crippen molar-refractivity contribution in [2.45, 2.75) is 13.1 Å². The van der Waals surface area contributed by atoms with Gasteiger partial charge >= 0.3 is 6.03 Å². The van der Waals surface area contributed by atoms with Gasteiger partial charge in [-0.2, -0.15) is 0 Å². The maximum absolute atomic E-state index is 12.8. The highest BCUT2D eigenvalue weighted by Gasteiger charge is 2.24. The van der Waals surface area contributed by atoms with Gasteiger partial charge in [0.25, 0.3) is 0 Å². The largest absolute Gasteiger partial charge is 0.398 e. The summed E-state index contributed by atoms with van der Waals surface area (Å²) in [6.45, 7) is 0.982. The summed E-state index contributed by atoms with van der Waals surface area (Å²) in [6.07, 6.45) is 6.51. The van der Waals surface area contributed by atoms with Crippen molar-refractivity contribution < 1.29 is 4.79 Å². The number of hydrogen-bond donors (Lipinski definition) is 3. The van der Waals surface area contributed by atoms with E-state index in [1.807, 2.05) is 36.4 Å². The van der Waals surface area contributed by atoms with Gasteiger partial charge in [0.15, 0.2) is 5.82 Å². The quantitative estimate of drug-likeness (QED) is 0.259. The molecule has 9 nitrogen and oxygen atoms in total. The summed E-state index contributed by atoms with van der Waals surface area (Å²) in [5.74, 6) is 1.24. The number of hydrogen-bond acceptors (Lipinski definition) is 7. The van der Waals surface area contributed by atoms with Crippen LogP contribution in [0.5, 0.6) is 0 Å². The summed E-state index contributed by atoms with van der Waals surface area (Å²) < 4.78 is 0. The molecule has 2 aromatic carbocycles. The number of aliphatic imine (C=N–C) groups is 1. The molecule has 0 unspecified atom stereocenters. The number of carbonyl (C=O) groups is 1. The lowest BCUT2D eigenvalue weighted by atomic mass is 10.1. The summed E-state index contributed by atoms with van der Waals surface area (Å²) >= 11 is 6.12. The van der Waals surface area contributed by atoms with E-state index < -0.39 is 0 Å². The van der Waals surface area contributed by atoms with Gasteiger partial charge in [-0.15, -0.1) is 0 Å². The molecule has 0 fully saturated rings. The highest BCUT2D eigenvalue weighted by molar-refractivity contribution is 6.33. The summed E-state index contributed by atoms with van der Waals surface area (Å²) in [7, 11) is 1.70. The molecule has 5 rings (SSSR count). The first-order valence-electron chi connectivity index (χ1n) is 11.2. The van der Waals surface area contributed by atoms with Crippen LogP contribution in [-0.4, -0.2) is 39.1 Å². The summed E-state index contributed by atoms with van der Waals surface area (Å²) in [6, 6.07) is 14.9. The summed E-state index contributed by atoms with van der Waals surface area (Å²) in [5.41, 5.74) is 11.9. The number of urea groups is 1. The number of fused-ring (bicyclic) bond motifs is 1. The number of anilines is 4. The minimum Gasteiger partial charge on any atom is -0.398 e. The van der Waals surface area contributed by atoms with Crippen LogP contribution >= 0.6 is 11.6 Å². The molecule has 4 N–H and O–H groups in total. The lowest BCUT2D eigenvalue weighted by Crippen LogP contribution is -2.30. The molecule has 180 valence electrons. The lowest BCUT2D eigenvalue weighted by molar-refractivity contribution is 0.212. The minimum atomic E-state index is -0.223. The Labute approximate surface area is 213 Å². The maximum atomic E-state index is 12.8. The van der Waals surface area contributed by atoms with Crippen molar-refractivity contribution in [1.82, 2.24) is 19.9 Å². The molecule has 0 saturated carbocycles. The van der Waals surface area contributed by atoms with Gasteiger partial charge in [0, 0.05) is 67.4 Å². The Hall–Kier alpha value is -4.50. The van der Waals surface area contributed by atoms with E-state index in [1.54, 1.807) is 42.7 Å². The second kappa shape index (κ2) is 10.0. The number of amides is 2. The van der Waals surface area contributed by atoms with Crippen molar-refractivity contribution in [2.24, 2.45) is 4.99 Å². The number of carbonyl (C=O) groups excluding carboxylic acids is 1. The zero-order valence-corrected chi connectivity index (χ0v) is 20.2. The van der Waals surface area contributed by atoms with Crippen LogP contribution in [0, 0.1) is 0 Å². The molecular formula is C26H23ClN8O. The van der Waals surface area contributed by atoms with E-state index >= 15 is 0 Å². The van der Waals surface area contributed by atoms with Crippen LogP contribution < -0.4 is 16.4 Å². The molecule has 1 aliphatic rings. The van der Waals surface area contributed by atoms with Crippen LogP contribution in [0.15, 0.2) is 72.1 Å². The predicted octanol–water partition coefficient (Wildman–Crippen LogP) is 5.11. The van der Waals surface area contributed by atoms with E-state index in [-0.39, 0.29) is 6.03 Å². The van der Waals surface area contributed by atoms with Gasteiger partial charge in [-0.3, -0.25) is 9.98 Å². The Bertz CT molecular complexity index is 1470. The second-order valence-corrected chi connectivity index (χ2v) is 8.65.